The van der Waals surface area contributed by atoms with Crippen molar-refractivity contribution in [1.82, 2.24) is 15.1 Å². The summed E-state index contributed by atoms with van der Waals surface area (Å²) in [5, 5.41) is 4.65. The molecule has 2 rings (SSSR count). The monoisotopic (exact) mass is 639 g/mol. The van der Waals surface area contributed by atoms with Crippen molar-refractivity contribution in [1.29, 1.82) is 0 Å². The summed E-state index contributed by atoms with van der Waals surface area (Å²) in [4.78, 5) is 55.8. The van der Waals surface area contributed by atoms with Gasteiger partial charge in [-0.25, -0.2) is 0 Å². The molecule has 0 aliphatic carbocycles. The van der Waals surface area contributed by atoms with Gasteiger partial charge >= 0.3 is 5.97 Å². The van der Waals surface area contributed by atoms with Crippen LogP contribution in [-0.4, -0.2) is 99.2 Å². The van der Waals surface area contributed by atoms with Crippen LogP contribution in [0, 0.1) is 24.2 Å². The van der Waals surface area contributed by atoms with Crippen LogP contribution in [0.5, 0.6) is 0 Å². The van der Waals surface area contributed by atoms with Gasteiger partial charge in [-0.3, -0.25) is 19.2 Å². The van der Waals surface area contributed by atoms with Crippen molar-refractivity contribution >= 4 is 35.0 Å². The molecule has 3 amide bonds. The Morgan fingerprint density at radius 2 is 1.80 bits per heavy atom. The van der Waals surface area contributed by atoms with Crippen LogP contribution < -0.4 is 5.32 Å². The molecule has 11 heteroatoms. The van der Waals surface area contributed by atoms with Crippen LogP contribution in [0.3, 0.4) is 0 Å². The lowest BCUT2D eigenvalue weighted by Crippen LogP contribution is -2.53. The van der Waals surface area contributed by atoms with Gasteiger partial charge in [0.25, 0.3) is 0 Å². The van der Waals surface area contributed by atoms with E-state index in [0.717, 1.165) is 12.8 Å². The van der Waals surface area contributed by atoms with E-state index in [9.17, 15) is 19.2 Å². The molecule has 1 fully saturated rings. The number of amides is 3. The SMILES string of the molecule is CCC(C)C(C(CC(=O)N1CCCC1C(OC)C(C)C(=O)NCC(=O)OC)OC)N(C)C(=O)CC(C)(C)C.Cc1cccs1. The van der Waals surface area contributed by atoms with Crippen molar-refractivity contribution in [3.8, 4) is 0 Å². The van der Waals surface area contributed by atoms with Gasteiger partial charge in [0, 0.05) is 39.1 Å². The molecule has 1 N–H and O–H groups in total. The van der Waals surface area contributed by atoms with Crippen LogP contribution in [0.15, 0.2) is 17.5 Å². The minimum absolute atomic E-state index is 0.0302. The summed E-state index contributed by atoms with van der Waals surface area (Å²) in [5.74, 6) is -1.40. The first-order valence-corrected chi connectivity index (χ1v) is 16.4. The van der Waals surface area contributed by atoms with E-state index >= 15 is 0 Å². The third-order valence-corrected chi connectivity index (χ3v) is 9.09. The summed E-state index contributed by atoms with van der Waals surface area (Å²) in [6, 6.07) is 3.61. The zero-order valence-electron chi connectivity index (χ0n) is 28.8. The van der Waals surface area contributed by atoms with Crippen molar-refractivity contribution in [3.05, 3.63) is 22.4 Å². The maximum absolute atomic E-state index is 13.7. The van der Waals surface area contributed by atoms with Gasteiger partial charge in [0.2, 0.25) is 17.7 Å². The Morgan fingerprint density at radius 1 is 1.14 bits per heavy atom. The Kier molecular flexibility index (Phi) is 17.2. The molecule has 0 saturated carbocycles. The Labute approximate surface area is 269 Å². The average Bonchev–Trinajstić information content (AvgIpc) is 3.66. The minimum Gasteiger partial charge on any atom is -0.468 e. The Hall–Kier alpha value is -2.50. The Balaban J connectivity index is 0.00000143. The molecule has 1 aliphatic rings. The molecule has 6 atom stereocenters. The van der Waals surface area contributed by atoms with Gasteiger partial charge in [0.1, 0.15) is 6.54 Å². The second kappa shape index (κ2) is 19.1. The molecule has 2 heterocycles. The molecule has 252 valence electrons. The zero-order valence-corrected chi connectivity index (χ0v) is 29.6. The van der Waals surface area contributed by atoms with Crippen LogP contribution in [-0.2, 0) is 33.4 Å². The number of carbonyl (C=O) groups excluding carboxylic acids is 4. The number of hydrogen-bond donors (Lipinski definition) is 1. The first-order chi connectivity index (χ1) is 20.6. The van der Waals surface area contributed by atoms with Gasteiger partial charge in [-0.2, -0.15) is 0 Å². The summed E-state index contributed by atoms with van der Waals surface area (Å²) in [5.41, 5.74) is -0.151. The molecular formula is C33H57N3O7S. The number of ether oxygens (including phenoxy) is 3. The van der Waals surface area contributed by atoms with Crippen molar-refractivity contribution < 1.29 is 33.4 Å². The lowest BCUT2D eigenvalue weighted by atomic mass is 9.88. The number of nitrogens with zero attached hydrogens (tertiary/aromatic N) is 2. The number of nitrogens with one attached hydrogen (secondary N) is 1. The third-order valence-electron chi connectivity index (χ3n) is 8.28. The highest BCUT2D eigenvalue weighted by Crippen LogP contribution is 2.30. The Bertz CT molecular complexity index is 1030. The molecule has 1 aromatic rings. The van der Waals surface area contributed by atoms with E-state index in [1.165, 1.54) is 19.1 Å². The van der Waals surface area contributed by atoms with Crippen LogP contribution in [0.4, 0.5) is 0 Å². The number of rotatable bonds is 14. The number of likely N-dealkylation sites (N-methyl/N-ethyl adjacent to an activating group) is 1. The van der Waals surface area contributed by atoms with E-state index in [-0.39, 0.29) is 54.1 Å². The summed E-state index contributed by atoms with van der Waals surface area (Å²) < 4.78 is 16.2. The lowest BCUT2D eigenvalue weighted by Gasteiger charge is -2.40. The molecule has 10 nitrogen and oxygen atoms in total. The highest BCUT2D eigenvalue weighted by atomic mass is 32.1. The Morgan fingerprint density at radius 3 is 2.25 bits per heavy atom. The molecular weight excluding hydrogens is 582 g/mol. The highest BCUT2D eigenvalue weighted by molar-refractivity contribution is 7.09. The predicted octanol–water partition coefficient (Wildman–Crippen LogP) is 4.69. The van der Waals surface area contributed by atoms with Crippen LogP contribution >= 0.6 is 11.3 Å². The smallest absolute Gasteiger partial charge is 0.325 e. The molecule has 44 heavy (non-hydrogen) atoms. The van der Waals surface area contributed by atoms with Gasteiger partial charge in [-0.15, -0.1) is 11.3 Å². The predicted molar refractivity (Wildman–Crippen MR) is 174 cm³/mol. The van der Waals surface area contributed by atoms with E-state index < -0.39 is 24.1 Å². The van der Waals surface area contributed by atoms with E-state index in [4.69, 9.17) is 9.47 Å². The number of likely N-dealkylation sites (tertiary alicyclic amines) is 1. The zero-order chi connectivity index (χ0) is 33.6. The van der Waals surface area contributed by atoms with E-state index in [1.54, 1.807) is 42.2 Å². The van der Waals surface area contributed by atoms with E-state index in [0.29, 0.717) is 19.4 Å². The molecule has 0 radical (unpaired) electrons. The molecule has 1 aliphatic heterocycles. The third kappa shape index (κ3) is 12.5. The summed E-state index contributed by atoms with van der Waals surface area (Å²) in [6.45, 7) is 14.4. The largest absolute Gasteiger partial charge is 0.468 e. The molecule has 0 aromatic carbocycles. The highest BCUT2D eigenvalue weighted by Gasteiger charge is 2.42. The quantitative estimate of drug-likeness (QED) is 0.294. The van der Waals surface area contributed by atoms with Gasteiger partial charge in [-0.05, 0) is 42.5 Å². The van der Waals surface area contributed by atoms with Crippen LogP contribution in [0.2, 0.25) is 0 Å². The van der Waals surface area contributed by atoms with Crippen LogP contribution in [0.25, 0.3) is 0 Å². The first-order valence-electron chi connectivity index (χ1n) is 15.6. The van der Waals surface area contributed by atoms with E-state index in [1.807, 2.05) is 20.8 Å². The van der Waals surface area contributed by atoms with Gasteiger partial charge in [0.05, 0.1) is 43.7 Å². The second-order valence-electron chi connectivity index (χ2n) is 12.9. The minimum atomic E-state index is -0.588. The first kappa shape index (κ1) is 39.5. The van der Waals surface area contributed by atoms with Crippen molar-refractivity contribution in [2.45, 2.75) is 105 Å². The fourth-order valence-electron chi connectivity index (χ4n) is 5.66. The van der Waals surface area contributed by atoms with Crippen molar-refractivity contribution in [2.75, 3.05) is 41.5 Å². The van der Waals surface area contributed by atoms with Gasteiger partial charge in [0.15, 0.2) is 0 Å². The summed E-state index contributed by atoms with van der Waals surface area (Å²) in [6.07, 6.45) is 1.84. The number of aryl methyl sites for hydroxylation is 1. The van der Waals surface area contributed by atoms with Crippen molar-refractivity contribution in [3.63, 3.8) is 0 Å². The average molecular weight is 640 g/mol. The lowest BCUT2D eigenvalue weighted by molar-refractivity contribution is -0.147. The number of esters is 1. The van der Waals surface area contributed by atoms with Crippen molar-refractivity contribution in [2.24, 2.45) is 17.3 Å². The van der Waals surface area contributed by atoms with Gasteiger partial charge in [-0.1, -0.05) is 54.0 Å². The molecule has 0 spiro atoms. The van der Waals surface area contributed by atoms with E-state index in [2.05, 4.69) is 48.3 Å². The fraction of sp³-hybridized carbons (Fsp3) is 0.758. The number of hydrogen-bond acceptors (Lipinski definition) is 8. The second-order valence-corrected chi connectivity index (χ2v) is 14.1. The maximum Gasteiger partial charge on any atom is 0.325 e. The molecule has 1 saturated heterocycles. The summed E-state index contributed by atoms with van der Waals surface area (Å²) in [7, 11) is 6.18. The standard InChI is InChI=1S/C28H51N3O7.C5H6S/c1-11-18(2)25(30(7)23(33)16-28(4,5)6)21(36-8)15-22(32)31-14-12-13-20(31)26(38-10)19(3)27(35)29-17-24(34)37-9;1-5-3-2-4-6-5/h18-21,25-26H,11-17H2,1-10H3,(H,29,35);2-4H,1H3. The fourth-order valence-corrected chi connectivity index (χ4v) is 6.19. The molecule has 0 bridgehead atoms. The topological polar surface area (TPSA) is 114 Å². The van der Waals surface area contributed by atoms with Crippen LogP contribution in [0.1, 0.15) is 78.5 Å². The normalized spacial score (nSPS) is 18.2. The molecule has 1 aromatic heterocycles. The van der Waals surface area contributed by atoms with Gasteiger partial charge < -0.3 is 29.3 Å². The maximum atomic E-state index is 13.7. The number of carbonyl (C=O) groups is 4. The summed E-state index contributed by atoms with van der Waals surface area (Å²) >= 11 is 1.78. The number of thiophene rings is 1. The molecule has 6 unspecified atom stereocenters. The number of methoxy groups -OCH3 is 3.